The van der Waals surface area contributed by atoms with Gasteiger partial charge in [-0.15, -0.1) is 0 Å². The number of fused-ring (bicyclic) bond motifs is 2. The largest absolute Gasteiger partial charge is 0.369 e. The summed E-state index contributed by atoms with van der Waals surface area (Å²) in [7, 11) is 2.18. The number of rotatable bonds is 5. The molecule has 3 aromatic heterocycles. The number of nitrogens with one attached hydrogen (secondary N) is 1. The van der Waals surface area contributed by atoms with E-state index in [1.165, 1.54) is 16.6 Å². The molecule has 5 aromatic rings. The molecule has 2 aromatic carbocycles. The molecule has 1 aliphatic rings. The quantitative estimate of drug-likeness (QED) is 0.429. The normalized spacial score (nSPS) is 14.8. The Morgan fingerprint density at radius 1 is 0.882 bits per heavy atom. The van der Waals surface area contributed by atoms with E-state index in [0.717, 1.165) is 55.1 Å². The molecule has 0 radical (unpaired) electrons. The van der Waals surface area contributed by atoms with Crippen LogP contribution in [0.25, 0.3) is 27.6 Å². The summed E-state index contributed by atoms with van der Waals surface area (Å²) in [5.41, 5.74) is 5.17. The highest BCUT2D eigenvalue weighted by Gasteiger charge is 2.14. The Morgan fingerprint density at radius 3 is 2.47 bits per heavy atom. The van der Waals surface area contributed by atoms with Crippen LogP contribution in [0.4, 0.5) is 17.3 Å². The first-order chi connectivity index (χ1) is 16.7. The number of hydrogen-bond donors (Lipinski definition) is 1. The van der Waals surface area contributed by atoms with E-state index in [0.29, 0.717) is 5.95 Å². The topological polar surface area (TPSA) is 67.0 Å². The van der Waals surface area contributed by atoms with E-state index in [4.69, 9.17) is 4.98 Å². The smallest absolute Gasteiger partial charge is 0.229 e. The fraction of sp³-hybridized carbons (Fsp3) is 0.269. The third-order valence-corrected chi connectivity index (χ3v) is 6.64. The Labute approximate surface area is 198 Å². The van der Waals surface area contributed by atoms with Crippen LogP contribution >= 0.6 is 0 Å². The molecule has 0 saturated carbocycles. The second-order valence-corrected chi connectivity index (χ2v) is 8.84. The van der Waals surface area contributed by atoms with Crippen molar-refractivity contribution in [3.63, 3.8) is 0 Å². The second kappa shape index (κ2) is 8.46. The van der Waals surface area contributed by atoms with E-state index in [2.05, 4.69) is 98.5 Å². The number of anilines is 3. The van der Waals surface area contributed by atoms with Crippen LogP contribution in [0, 0.1) is 0 Å². The monoisotopic (exact) mass is 452 g/mol. The molecule has 0 unspecified atom stereocenters. The molecule has 8 nitrogen and oxygen atoms in total. The molecule has 1 aliphatic heterocycles. The van der Waals surface area contributed by atoms with Crippen molar-refractivity contribution < 1.29 is 0 Å². The van der Waals surface area contributed by atoms with E-state index >= 15 is 0 Å². The molecule has 6 rings (SSSR count). The van der Waals surface area contributed by atoms with Gasteiger partial charge >= 0.3 is 0 Å². The first kappa shape index (κ1) is 20.7. The van der Waals surface area contributed by atoms with E-state index < -0.39 is 0 Å². The Kier molecular flexibility index (Phi) is 5.15. The predicted molar refractivity (Wildman–Crippen MR) is 137 cm³/mol. The van der Waals surface area contributed by atoms with Gasteiger partial charge in [-0.3, -0.25) is 0 Å². The van der Waals surface area contributed by atoms with Crippen molar-refractivity contribution in [3.8, 4) is 5.69 Å². The molecule has 1 fully saturated rings. The molecule has 0 aliphatic carbocycles. The van der Waals surface area contributed by atoms with Crippen molar-refractivity contribution in [2.24, 2.45) is 0 Å². The predicted octanol–water partition coefficient (Wildman–Crippen LogP) is 4.29. The minimum Gasteiger partial charge on any atom is -0.369 e. The summed E-state index contributed by atoms with van der Waals surface area (Å²) >= 11 is 0. The third-order valence-electron chi connectivity index (χ3n) is 6.64. The zero-order chi connectivity index (χ0) is 23.1. The zero-order valence-electron chi connectivity index (χ0n) is 19.5. The molecule has 0 amide bonds. The average molecular weight is 453 g/mol. The average Bonchev–Trinajstić information content (AvgIpc) is 3.48. The van der Waals surface area contributed by atoms with Gasteiger partial charge in [0.1, 0.15) is 0 Å². The van der Waals surface area contributed by atoms with Crippen molar-refractivity contribution >= 4 is 39.3 Å². The molecule has 172 valence electrons. The SMILES string of the molecule is CCn1ccc2ccc(-n3ncc4cnc(Nc5ccc(N6CCN(C)CC6)cc5)nc43)cc21. The van der Waals surface area contributed by atoms with Crippen LogP contribution in [0.1, 0.15) is 6.92 Å². The second-order valence-electron chi connectivity index (χ2n) is 8.84. The highest BCUT2D eigenvalue weighted by molar-refractivity contribution is 5.84. The Morgan fingerprint density at radius 2 is 1.68 bits per heavy atom. The number of piperazine rings is 1. The van der Waals surface area contributed by atoms with Crippen molar-refractivity contribution in [3.05, 3.63) is 67.1 Å². The maximum atomic E-state index is 4.79. The van der Waals surface area contributed by atoms with Gasteiger partial charge in [0.15, 0.2) is 5.65 Å². The van der Waals surface area contributed by atoms with Gasteiger partial charge in [0.25, 0.3) is 0 Å². The van der Waals surface area contributed by atoms with Gasteiger partial charge in [-0.25, -0.2) is 9.67 Å². The highest BCUT2D eigenvalue weighted by Crippen LogP contribution is 2.24. The molecule has 0 bridgehead atoms. The fourth-order valence-corrected chi connectivity index (χ4v) is 4.60. The van der Waals surface area contributed by atoms with E-state index in [-0.39, 0.29) is 0 Å². The summed E-state index contributed by atoms with van der Waals surface area (Å²) in [6.45, 7) is 7.38. The van der Waals surface area contributed by atoms with Crippen molar-refractivity contribution in [2.75, 3.05) is 43.4 Å². The van der Waals surface area contributed by atoms with Crippen LogP contribution in [0.2, 0.25) is 0 Å². The Balaban J connectivity index is 1.26. The lowest BCUT2D eigenvalue weighted by molar-refractivity contribution is 0.313. The maximum absolute atomic E-state index is 4.79. The molecule has 0 atom stereocenters. The van der Waals surface area contributed by atoms with Gasteiger partial charge in [0.05, 0.1) is 22.8 Å². The highest BCUT2D eigenvalue weighted by atomic mass is 15.3. The molecule has 4 heterocycles. The standard InChI is InChI=1S/C26H28N8/c1-3-32-11-10-19-4-7-23(16-24(19)32)34-25-20(18-28-34)17-27-26(30-25)29-21-5-8-22(9-6-21)33-14-12-31(2)13-15-33/h4-11,16-18H,3,12-15H2,1-2H3,(H,27,29,30). The third kappa shape index (κ3) is 3.76. The van der Waals surface area contributed by atoms with Gasteiger partial charge in [-0.05, 0) is 61.8 Å². The van der Waals surface area contributed by atoms with E-state index in [1.54, 1.807) is 0 Å². The van der Waals surface area contributed by atoms with Crippen molar-refractivity contribution in [2.45, 2.75) is 13.5 Å². The Bertz CT molecular complexity index is 1440. The number of hydrogen-bond acceptors (Lipinski definition) is 6. The maximum Gasteiger partial charge on any atom is 0.229 e. The fourth-order valence-electron chi connectivity index (χ4n) is 4.60. The van der Waals surface area contributed by atoms with Crippen LogP contribution in [-0.4, -0.2) is 62.4 Å². The molecular weight excluding hydrogens is 424 g/mol. The van der Waals surface area contributed by atoms with Crippen molar-refractivity contribution in [1.82, 2.24) is 29.2 Å². The van der Waals surface area contributed by atoms with Crippen LogP contribution < -0.4 is 10.2 Å². The summed E-state index contributed by atoms with van der Waals surface area (Å²) in [5, 5.41) is 10.1. The minimum atomic E-state index is 0.555. The lowest BCUT2D eigenvalue weighted by atomic mass is 10.2. The number of nitrogens with zero attached hydrogens (tertiary/aromatic N) is 7. The summed E-state index contributed by atoms with van der Waals surface area (Å²) in [4.78, 5) is 14.1. The van der Waals surface area contributed by atoms with E-state index in [1.807, 2.05) is 17.1 Å². The Hall–Kier alpha value is -3.91. The number of aromatic nitrogens is 5. The number of aryl methyl sites for hydroxylation is 1. The van der Waals surface area contributed by atoms with Crippen molar-refractivity contribution in [1.29, 1.82) is 0 Å². The van der Waals surface area contributed by atoms with Crippen LogP contribution in [-0.2, 0) is 6.54 Å². The van der Waals surface area contributed by atoms with Crippen LogP contribution in [0.15, 0.2) is 67.1 Å². The molecule has 1 N–H and O–H groups in total. The van der Waals surface area contributed by atoms with E-state index in [9.17, 15) is 0 Å². The van der Waals surface area contributed by atoms with Crippen LogP contribution in [0.5, 0.6) is 0 Å². The van der Waals surface area contributed by atoms with Gasteiger partial charge in [0, 0.05) is 56.5 Å². The molecule has 34 heavy (non-hydrogen) atoms. The first-order valence-electron chi connectivity index (χ1n) is 11.8. The number of benzene rings is 2. The lowest BCUT2D eigenvalue weighted by Gasteiger charge is -2.34. The van der Waals surface area contributed by atoms with Gasteiger partial charge < -0.3 is 19.7 Å². The molecule has 0 spiro atoms. The van der Waals surface area contributed by atoms with Gasteiger partial charge in [0.2, 0.25) is 5.95 Å². The van der Waals surface area contributed by atoms with Gasteiger partial charge in [-0.1, -0.05) is 6.07 Å². The number of likely N-dealkylation sites (N-methyl/N-ethyl adjacent to an activating group) is 1. The molecule has 8 heteroatoms. The molecule has 1 saturated heterocycles. The van der Waals surface area contributed by atoms with Crippen LogP contribution in [0.3, 0.4) is 0 Å². The van der Waals surface area contributed by atoms with Gasteiger partial charge in [-0.2, -0.15) is 10.1 Å². The minimum absolute atomic E-state index is 0.555. The zero-order valence-corrected chi connectivity index (χ0v) is 19.5. The lowest BCUT2D eigenvalue weighted by Crippen LogP contribution is -2.44. The summed E-state index contributed by atoms with van der Waals surface area (Å²) in [6, 6.07) is 17.0. The summed E-state index contributed by atoms with van der Waals surface area (Å²) < 4.78 is 4.11. The summed E-state index contributed by atoms with van der Waals surface area (Å²) in [6.07, 6.45) is 5.75. The molecular formula is C26H28N8. The first-order valence-corrected chi connectivity index (χ1v) is 11.8. The summed E-state index contributed by atoms with van der Waals surface area (Å²) in [5.74, 6) is 0.555.